The second-order valence-corrected chi connectivity index (χ2v) is 5.55. The van der Waals surface area contributed by atoms with E-state index in [9.17, 15) is 4.79 Å². The lowest BCUT2D eigenvalue weighted by atomic mass is 9.98. The summed E-state index contributed by atoms with van der Waals surface area (Å²) in [6, 6.07) is 1.74. The smallest absolute Gasteiger partial charge is 0.372 e. The molecule has 0 unspecified atom stereocenters. The van der Waals surface area contributed by atoms with Crippen molar-refractivity contribution in [2.24, 2.45) is 17.8 Å². The first-order chi connectivity index (χ1) is 8.75. The molecule has 0 aliphatic heterocycles. The number of rotatable bonds is 7. The summed E-state index contributed by atoms with van der Waals surface area (Å²) in [5.74, 6) is 1.74. The molecule has 0 saturated heterocycles. The van der Waals surface area contributed by atoms with Crippen molar-refractivity contribution in [1.82, 2.24) is 5.32 Å². The van der Waals surface area contributed by atoms with Crippen LogP contribution in [-0.2, 0) is 6.54 Å². The normalized spacial score (nSPS) is 19.4. The Hall–Kier alpha value is -1.29. The number of carboxylic acids is 1. The molecule has 4 heteroatoms. The van der Waals surface area contributed by atoms with Gasteiger partial charge in [-0.05, 0) is 56.0 Å². The first-order valence-corrected chi connectivity index (χ1v) is 6.76. The van der Waals surface area contributed by atoms with Gasteiger partial charge >= 0.3 is 5.97 Å². The number of nitrogens with one attached hydrogen (secondary N) is 1. The number of aromatic carboxylic acids is 1. The van der Waals surface area contributed by atoms with Crippen molar-refractivity contribution in [3.05, 3.63) is 23.7 Å². The predicted molar refractivity (Wildman–Crippen MR) is 66.3 cm³/mol. The molecule has 2 fully saturated rings. The number of hydrogen-bond donors (Lipinski definition) is 2. The lowest BCUT2D eigenvalue weighted by Crippen LogP contribution is -2.25. The highest BCUT2D eigenvalue weighted by molar-refractivity contribution is 5.86. The minimum Gasteiger partial charge on any atom is -0.475 e. The van der Waals surface area contributed by atoms with Crippen LogP contribution in [0, 0.1) is 17.8 Å². The molecule has 2 aliphatic carbocycles. The Bertz CT molecular complexity index is 420. The van der Waals surface area contributed by atoms with Gasteiger partial charge < -0.3 is 14.8 Å². The summed E-state index contributed by atoms with van der Waals surface area (Å²) in [5, 5.41) is 12.3. The van der Waals surface area contributed by atoms with Gasteiger partial charge in [-0.3, -0.25) is 0 Å². The SMILES string of the molecule is O=C(O)c1occc1CNCC(C1CC1)C1CC1. The van der Waals surface area contributed by atoms with Crippen LogP contribution < -0.4 is 5.32 Å². The molecule has 2 aliphatic rings. The van der Waals surface area contributed by atoms with Crippen molar-refractivity contribution in [3.8, 4) is 0 Å². The summed E-state index contributed by atoms with van der Waals surface area (Å²) >= 11 is 0. The van der Waals surface area contributed by atoms with Crippen LogP contribution in [-0.4, -0.2) is 17.6 Å². The van der Waals surface area contributed by atoms with Gasteiger partial charge in [0.25, 0.3) is 0 Å². The summed E-state index contributed by atoms with van der Waals surface area (Å²) < 4.78 is 4.96. The molecule has 0 radical (unpaired) electrons. The largest absolute Gasteiger partial charge is 0.475 e. The zero-order chi connectivity index (χ0) is 12.5. The second-order valence-electron chi connectivity index (χ2n) is 5.55. The van der Waals surface area contributed by atoms with E-state index in [4.69, 9.17) is 9.52 Å². The van der Waals surface area contributed by atoms with Crippen molar-refractivity contribution in [1.29, 1.82) is 0 Å². The lowest BCUT2D eigenvalue weighted by molar-refractivity contribution is 0.0660. The minimum absolute atomic E-state index is 0.0666. The molecule has 1 heterocycles. The van der Waals surface area contributed by atoms with Crippen LogP contribution in [0.5, 0.6) is 0 Å². The van der Waals surface area contributed by atoms with Gasteiger partial charge in [0, 0.05) is 12.1 Å². The fraction of sp³-hybridized carbons (Fsp3) is 0.643. The molecule has 18 heavy (non-hydrogen) atoms. The summed E-state index contributed by atoms with van der Waals surface area (Å²) in [4.78, 5) is 10.9. The molecule has 0 aromatic carbocycles. The van der Waals surface area contributed by atoms with E-state index in [-0.39, 0.29) is 5.76 Å². The van der Waals surface area contributed by atoms with Crippen LogP contribution in [0.1, 0.15) is 41.8 Å². The first-order valence-electron chi connectivity index (χ1n) is 6.76. The maximum Gasteiger partial charge on any atom is 0.372 e. The van der Waals surface area contributed by atoms with Crippen LogP contribution in [0.3, 0.4) is 0 Å². The van der Waals surface area contributed by atoms with Crippen LogP contribution in [0.4, 0.5) is 0 Å². The maximum atomic E-state index is 10.9. The van der Waals surface area contributed by atoms with E-state index in [2.05, 4.69) is 5.32 Å². The van der Waals surface area contributed by atoms with Crippen LogP contribution in [0.2, 0.25) is 0 Å². The third kappa shape index (κ3) is 2.58. The van der Waals surface area contributed by atoms with Crippen molar-refractivity contribution in [2.75, 3.05) is 6.54 Å². The molecular weight excluding hydrogens is 230 g/mol. The third-order valence-corrected chi connectivity index (χ3v) is 4.09. The molecule has 2 saturated carbocycles. The van der Waals surface area contributed by atoms with Gasteiger partial charge in [-0.2, -0.15) is 0 Å². The van der Waals surface area contributed by atoms with Crippen molar-refractivity contribution in [2.45, 2.75) is 32.2 Å². The van der Waals surface area contributed by atoms with Gasteiger partial charge in [-0.1, -0.05) is 0 Å². The van der Waals surface area contributed by atoms with Crippen molar-refractivity contribution >= 4 is 5.97 Å². The topological polar surface area (TPSA) is 62.5 Å². The van der Waals surface area contributed by atoms with E-state index >= 15 is 0 Å². The highest BCUT2D eigenvalue weighted by Gasteiger charge is 2.40. The van der Waals surface area contributed by atoms with Gasteiger partial charge in [0.15, 0.2) is 0 Å². The molecule has 0 atom stereocenters. The van der Waals surface area contributed by atoms with E-state index in [1.807, 2.05) is 0 Å². The average molecular weight is 249 g/mol. The second kappa shape index (κ2) is 4.76. The number of carboxylic acid groups (broad SMARTS) is 1. The minimum atomic E-state index is -0.988. The highest BCUT2D eigenvalue weighted by atomic mass is 16.4. The van der Waals surface area contributed by atoms with Crippen LogP contribution in [0.15, 0.2) is 16.7 Å². The zero-order valence-electron chi connectivity index (χ0n) is 10.4. The third-order valence-electron chi connectivity index (χ3n) is 4.09. The predicted octanol–water partition coefficient (Wildman–Crippen LogP) is 2.50. The Balaban J connectivity index is 1.51. The van der Waals surface area contributed by atoms with Gasteiger partial charge in [-0.15, -0.1) is 0 Å². The van der Waals surface area contributed by atoms with Crippen LogP contribution in [0.25, 0.3) is 0 Å². The van der Waals surface area contributed by atoms with Crippen LogP contribution >= 0.6 is 0 Å². The molecule has 0 spiro atoms. The Morgan fingerprint density at radius 2 is 2.06 bits per heavy atom. The summed E-state index contributed by atoms with van der Waals surface area (Å²) in [5.41, 5.74) is 0.743. The molecule has 1 aromatic heterocycles. The Labute approximate surface area is 106 Å². The molecule has 1 aromatic rings. The summed E-state index contributed by atoms with van der Waals surface area (Å²) in [7, 11) is 0. The standard InChI is InChI=1S/C14H19NO3/c16-14(17)13-11(5-6-18-13)7-15-8-12(9-1-2-9)10-3-4-10/h5-6,9-10,12,15H,1-4,7-8H2,(H,16,17). The summed E-state index contributed by atoms with van der Waals surface area (Å²) in [6.45, 7) is 1.60. The Kier molecular flexibility index (Phi) is 3.12. The van der Waals surface area contributed by atoms with Crippen molar-refractivity contribution < 1.29 is 14.3 Å². The number of furan rings is 1. The monoisotopic (exact) mass is 249 g/mol. The Morgan fingerprint density at radius 1 is 1.39 bits per heavy atom. The van der Waals surface area contributed by atoms with E-state index < -0.39 is 5.97 Å². The summed E-state index contributed by atoms with van der Waals surface area (Å²) in [6.07, 6.45) is 6.98. The maximum absolute atomic E-state index is 10.9. The highest BCUT2D eigenvalue weighted by Crippen LogP contribution is 2.48. The Morgan fingerprint density at radius 3 is 2.61 bits per heavy atom. The molecule has 4 nitrogen and oxygen atoms in total. The van der Waals surface area contributed by atoms with E-state index in [0.29, 0.717) is 6.54 Å². The van der Waals surface area contributed by atoms with Gasteiger partial charge in [0.2, 0.25) is 5.76 Å². The van der Waals surface area contributed by atoms with Gasteiger partial charge in [0.05, 0.1) is 6.26 Å². The molecule has 0 bridgehead atoms. The number of hydrogen-bond acceptors (Lipinski definition) is 3. The molecule has 0 amide bonds. The fourth-order valence-electron chi connectivity index (χ4n) is 2.80. The first kappa shape index (κ1) is 11.8. The quantitative estimate of drug-likeness (QED) is 0.779. The average Bonchev–Trinajstić information content (AvgIpc) is 3.24. The fourth-order valence-corrected chi connectivity index (χ4v) is 2.80. The number of carbonyl (C=O) groups is 1. The van der Waals surface area contributed by atoms with Gasteiger partial charge in [-0.25, -0.2) is 4.79 Å². The van der Waals surface area contributed by atoms with E-state index in [1.54, 1.807) is 6.07 Å². The molecule has 3 rings (SSSR count). The van der Waals surface area contributed by atoms with E-state index in [1.165, 1.54) is 31.9 Å². The molecular formula is C14H19NO3. The molecule has 2 N–H and O–H groups in total. The van der Waals surface area contributed by atoms with Crippen molar-refractivity contribution in [3.63, 3.8) is 0 Å². The molecule has 98 valence electrons. The van der Waals surface area contributed by atoms with E-state index in [0.717, 1.165) is 29.9 Å². The van der Waals surface area contributed by atoms with Gasteiger partial charge in [0.1, 0.15) is 0 Å². The zero-order valence-corrected chi connectivity index (χ0v) is 10.4. The lowest BCUT2D eigenvalue weighted by Gasteiger charge is -2.15.